The fourth-order valence-corrected chi connectivity index (χ4v) is 1.93. The molecule has 1 N–H and O–H groups in total. The summed E-state index contributed by atoms with van der Waals surface area (Å²) in [6, 6.07) is 7.69. The number of pyridine rings is 1. The Morgan fingerprint density at radius 1 is 1.29 bits per heavy atom. The van der Waals surface area contributed by atoms with E-state index in [2.05, 4.69) is 10.1 Å². The maximum atomic E-state index is 9.33. The van der Waals surface area contributed by atoms with Gasteiger partial charge in [0.1, 0.15) is 5.69 Å². The Balaban J connectivity index is 1.92. The van der Waals surface area contributed by atoms with Crippen molar-refractivity contribution in [3.63, 3.8) is 0 Å². The van der Waals surface area contributed by atoms with E-state index in [9.17, 15) is 5.11 Å². The Morgan fingerprint density at radius 2 is 2.18 bits per heavy atom. The normalized spacial score (nSPS) is 15.1. The van der Waals surface area contributed by atoms with Crippen LogP contribution in [0.4, 0.5) is 0 Å². The summed E-state index contributed by atoms with van der Waals surface area (Å²) in [6.45, 7) is 0.954. The van der Waals surface area contributed by atoms with E-state index in [-0.39, 0.29) is 6.61 Å². The zero-order valence-corrected chi connectivity index (χ0v) is 9.58. The van der Waals surface area contributed by atoms with E-state index in [4.69, 9.17) is 0 Å². The zero-order valence-electron chi connectivity index (χ0n) is 9.58. The third kappa shape index (κ3) is 2.22. The fraction of sp³-hybridized carbons (Fsp3) is 0.385. The fourth-order valence-electron chi connectivity index (χ4n) is 1.93. The van der Waals surface area contributed by atoms with E-state index in [1.165, 1.54) is 12.8 Å². The lowest BCUT2D eigenvalue weighted by molar-refractivity contribution is 0.266. The molecule has 4 heteroatoms. The summed E-state index contributed by atoms with van der Waals surface area (Å²) in [4.78, 5) is 4.28. The average molecular weight is 229 g/mol. The van der Waals surface area contributed by atoms with Crippen LogP contribution in [-0.4, -0.2) is 19.9 Å². The molecule has 3 rings (SSSR count). The van der Waals surface area contributed by atoms with Crippen LogP contribution >= 0.6 is 0 Å². The summed E-state index contributed by atoms with van der Waals surface area (Å²) >= 11 is 0. The van der Waals surface area contributed by atoms with Gasteiger partial charge in [-0.3, -0.25) is 9.67 Å². The first-order valence-electron chi connectivity index (χ1n) is 5.96. The van der Waals surface area contributed by atoms with E-state index in [0.717, 1.165) is 29.5 Å². The van der Waals surface area contributed by atoms with Crippen LogP contribution in [0.25, 0.3) is 11.4 Å². The van der Waals surface area contributed by atoms with Crippen LogP contribution in [0.5, 0.6) is 0 Å². The van der Waals surface area contributed by atoms with Crippen LogP contribution in [0, 0.1) is 5.92 Å². The van der Waals surface area contributed by atoms with Gasteiger partial charge in [0.05, 0.1) is 18.0 Å². The SMILES string of the molecule is OCc1cc(-c2ccccn2)nn1CC1CC1. The molecule has 0 unspecified atom stereocenters. The number of aromatic nitrogens is 3. The van der Waals surface area contributed by atoms with Gasteiger partial charge < -0.3 is 5.11 Å². The Hall–Kier alpha value is -1.68. The Bertz CT molecular complexity index is 503. The summed E-state index contributed by atoms with van der Waals surface area (Å²) in [5.74, 6) is 0.747. The lowest BCUT2D eigenvalue weighted by Gasteiger charge is -2.02. The van der Waals surface area contributed by atoms with Gasteiger partial charge in [-0.1, -0.05) is 6.07 Å². The van der Waals surface area contributed by atoms with Crippen molar-refractivity contribution in [2.24, 2.45) is 5.92 Å². The van der Waals surface area contributed by atoms with Gasteiger partial charge in [0.25, 0.3) is 0 Å². The molecular weight excluding hydrogens is 214 g/mol. The molecule has 0 atom stereocenters. The van der Waals surface area contributed by atoms with Crippen LogP contribution in [0.3, 0.4) is 0 Å². The van der Waals surface area contributed by atoms with Gasteiger partial charge in [-0.05, 0) is 37.0 Å². The first-order chi connectivity index (χ1) is 8.36. The summed E-state index contributed by atoms with van der Waals surface area (Å²) < 4.78 is 1.92. The predicted octanol–water partition coefficient (Wildman–Crippen LogP) is 1.85. The van der Waals surface area contributed by atoms with Gasteiger partial charge in [0.2, 0.25) is 0 Å². The highest BCUT2D eigenvalue weighted by atomic mass is 16.3. The van der Waals surface area contributed by atoms with Crippen molar-refractivity contribution in [1.29, 1.82) is 0 Å². The van der Waals surface area contributed by atoms with Gasteiger partial charge in [-0.15, -0.1) is 0 Å². The van der Waals surface area contributed by atoms with Crippen molar-refractivity contribution in [3.8, 4) is 11.4 Å². The molecule has 0 spiro atoms. The molecule has 17 heavy (non-hydrogen) atoms. The number of hydrogen-bond donors (Lipinski definition) is 1. The summed E-state index contributed by atoms with van der Waals surface area (Å²) in [5, 5.41) is 13.9. The molecule has 0 saturated heterocycles. The van der Waals surface area contributed by atoms with E-state index in [1.807, 2.05) is 28.9 Å². The molecule has 4 nitrogen and oxygen atoms in total. The van der Waals surface area contributed by atoms with Gasteiger partial charge in [-0.2, -0.15) is 5.10 Å². The molecule has 0 radical (unpaired) electrons. The molecule has 1 aliphatic rings. The summed E-state index contributed by atoms with van der Waals surface area (Å²) in [7, 11) is 0. The maximum Gasteiger partial charge on any atom is 0.111 e. The minimum absolute atomic E-state index is 0.0343. The van der Waals surface area contributed by atoms with E-state index < -0.39 is 0 Å². The molecule has 2 aromatic rings. The van der Waals surface area contributed by atoms with Crippen molar-refractivity contribution in [3.05, 3.63) is 36.2 Å². The summed E-state index contributed by atoms with van der Waals surface area (Å²) in [6.07, 6.45) is 4.32. The number of aliphatic hydroxyl groups excluding tert-OH is 1. The lowest BCUT2D eigenvalue weighted by atomic mass is 10.2. The van der Waals surface area contributed by atoms with E-state index in [1.54, 1.807) is 6.20 Å². The van der Waals surface area contributed by atoms with Crippen LogP contribution in [0.15, 0.2) is 30.5 Å². The van der Waals surface area contributed by atoms with Crippen molar-refractivity contribution in [1.82, 2.24) is 14.8 Å². The minimum Gasteiger partial charge on any atom is -0.390 e. The molecule has 2 aromatic heterocycles. The Morgan fingerprint density at radius 3 is 2.82 bits per heavy atom. The maximum absolute atomic E-state index is 9.33. The third-order valence-corrected chi connectivity index (χ3v) is 3.08. The molecule has 88 valence electrons. The van der Waals surface area contributed by atoms with Crippen LogP contribution in [0.2, 0.25) is 0 Å². The van der Waals surface area contributed by atoms with Crippen LogP contribution in [0.1, 0.15) is 18.5 Å². The molecule has 1 fully saturated rings. The predicted molar refractivity (Wildman–Crippen MR) is 64.1 cm³/mol. The molecule has 0 aliphatic heterocycles. The number of rotatable bonds is 4. The van der Waals surface area contributed by atoms with E-state index in [0.29, 0.717) is 0 Å². The number of nitrogens with zero attached hydrogens (tertiary/aromatic N) is 3. The minimum atomic E-state index is 0.0343. The smallest absolute Gasteiger partial charge is 0.111 e. The van der Waals surface area contributed by atoms with Crippen molar-refractivity contribution < 1.29 is 5.11 Å². The van der Waals surface area contributed by atoms with Crippen LogP contribution < -0.4 is 0 Å². The first kappa shape index (κ1) is 10.5. The topological polar surface area (TPSA) is 50.9 Å². The second-order valence-electron chi connectivity index (χ2n) is 4.52. The van der Waals surface area contributed by atoms with Crippen LogP contribution in [-0.2, 0) is 13.2 Å². The van der Waals surface area contributed by atoms with Gasteiger partial charge in [0.15, 0.2) is 0 Å². The Labute approximate surface area is 99.9 Å². The molecule has 2 heterocycles. The van der Waals surface area contributed by atoms with Crippen molar-refractivity contribution >= 4 is 0 Å². The second-order valence-corrected chi connectivity index (χ2v) is 4.52. The average Bonchev–Trinajstić information content (AvgIpc) is 3.09. The highest BCUT2D eigenvalue weighted by Gasteiger charge is 2.23. The number of hydrogen-bond acceptors (Lipinski definition) is 3. The Kier molecular flexibility index (Phi) is 2.65. The van der Waals surface area contributed by atoms with Gasteiger partial charge in [-0.25, -0.2) is 0 Å². The quantitative estimate of drug-likeness (QED) is 0.870. The highest BCUT2D eigenvalue weighted by Crippen LogP contribution is 2.31. The molecule has 0 bridgehead atoms. The van der Waals surface area contributed by atoms with Crippen molar-refractivity contribution in [2.75, 3.05) is 0 Å². The monoisotopic (exact) mass is 229 g/mol. The van der Waals surface area contributed by atoms with Crippen molar-refractivity contribution in [2.45, 2.75) is 26.0 Å². The highest BCUT2D eigenvalue weighted by molar-refractivity contribution is 5.53. The van der Waals surface area contributed by atoms with E-state index >= 15 is 0 Å². The second kappa shape index (κ2) is 4.30. The zero-order chi connectivity index (χ0) is 11.7. The largest absolute Gasteiger partial charge is 0.390 e. The molecule has 1 saturated carbocycles. The van der Waals surface area contributed by atoms with Gasteiger partial charge >= 0.3 is 0 Å². The third-order valence-electron chi connectivity index (χ3n) is 3.08. The molecular formula is C13H15N3O. The summed E-state index contributed by atoms with van der Waals surface area (Å²) in [5.41, 5.74) is 2.57. The molecule has 0 aromatic carbocycles. The molecule has 1 aliphatic carbocycles. The van der Waals surface area contributed by atoms with Gasteiger partial charge in [0, 0.05) is 12.7 Å². The first-order valence-corrected chi connectivity index (χ1v) is 5.96. The number of aliphatic hydroxyl groups is 1. The standard InChI is InChI=1S/C13H15N3O/c17-9-11-7-13(12-3-1-2-6-14-12)15-16(11)8-10-4-5-10/h1-3,6-7,10,17H,4-5,8-9H2. The lowest BCUT2D eigenvalue weighted by Crippen LogP contribution is -2.06. The molecule has 0 amide bonds.